The van der Waals surface area contributed by atoms with Gasteiger partial charge in [0.05, 0.1) is 6.10 Å². The minimum absolute atomic E-state index is 0.449. The van der Waals surface area contributed by atoms with E-state index in [-0.39, 0.29) is 0 Å². The highest BCUT2D eigenvalue weighted by Crippen LogP contribution is 2.25. The predicted octanol–water partition coefficient (Wildman–Crippen LogP) is 5.00. The van der Waals surface area contributed by atoms with Crippen LogP contribution in [-0.4, -0.2) is 17.0 Å². The highest BCUT2D eigenvalue weighted by Gasteiger charge is 2.10. The summed E-state index contributed by atoms with van der Waals surface area (Å²) < 4.78 is 0. The minimum atomic E-state index is -0.449. The monoisotopic (exact) mass is 326 g/mol. The first-order valence-electron chi connectivity index (χ1n) is 6.36. The SMILES string of the molecule is Cc1ccccc1SCC(O)Cc1cc(Cl)ccc1Cl. The minimum Gasteiger partial charge on any atom is -0.392 e. The lowest BCUT2D eigenvalue weighted by Crippen LogP contribution is -2.13. The van der Waals surface area contributed by atoms with Crippen molar-refractivity contribution in [2.45, 2.75) is 24.3 Å². The quantitative estimate of drug-likeness (QED) is 0.780. The fraction of sp³-hybridized carbons (Fsp3) is 0.250. The maximum atomic E-state index is 10.1. The van der Waals surface area contributed by atoms with Gasteiger partial charge in [-0.15, -0.1) is 11.8 Å². The molecule has 1 unspecified atom stereocenters. The Morgan fingerprint density at radius 1 is 1.15 bits per heavy atom. The Bertz CT molecular complexity index is 586. The van der Waals surface area contributed by atoms with Crippen LogP contribution < -0.4 is 0 Å². The summed E-state index contributed by atoms with van der Waals surface area (Å²) in [5, 5.41) is 11.4. The number of aliphatic hydroxyl groups is 1. The second-order valence-electron chi connectivity index (χ2n) is 4.67. The van der Waals surface area contributed by atoms with Crippen molar-refractivity contribution in [3.05, 3.63) is 63.6 Å². The van der Waals surface area contributed by atoms with Gasteiger partial charge in [0.25, 0.3) is 0 Å². The van der Waals surface area contributed by atoms with Crippen LogP contribution in [0.4, 0.5) is 0 Å². The normalized spacial score (nSPS) is 12.4. The van der Waals surface area contributed by atoms with Crippen molar-refractivity contribution in [3.8, 4) is 0 Å². The molecule has 2 aromatic carbocycles. The molecule has 0 saturated heterocycles. The van der Waals surface area contributed by atoms with Gasteiger partial charge in [0, 0.05) is 27.1 Å². The lowest BCUT2D eigenvalue weighted by atomic mass is 10.1. The maximum absolute atomic E-state index is 10.1. The van der Waals surface area contributed by atoms with Crippen LogP contribution in [0.25, 0.3) is 0 Å². The molecule has 0 spiro atoms. The standard InChI is InChI=1S/C16H16Cl2OS/c1-11-4-2-3-5-16(11)20-10-14(19)9-12-8-13(17)6-7-15(12)18/h2-8,14,19H,9-10H2,1H3. The third-order valence-corrected chi connectivity index (χ3v) is 4.91. The predicted molar refractivity (Wildman–Crippen MR) is 88.1 cm³/mol. The van der Waals surface area contributed by atoms with Gasteiger partial charge >= 0.3 is 0 Å². The number of thioether (sulfide) groups is 1. The van der Waals surface area contributed by atoms with Crippen molar-refractivity contribution in [2.75, 3.05) is 5.75 Å². The van der Waals surface area contributed by atoms with E-state index in [0.29, 0.717) is 22.2 Å². The zero-order valence-electron chi connectivity index (χ0n) is 11.1. The molecular formula is C16H16Cl2OS. The lowest BCUT2D eigenvalue weighted by molar-refractivity contribution is 0.200. The van der Waals surface area contributed by atoms with Crippen LogP contribution in [0, 0.1) is 6.92 Å². The van der Waals surface area contributed by atoms with E-state index < -0.39 is 6.10 Å². The molecule has 20 heavy (non-hydrogen) atoms. The molecule has 106 valence electrons. The Balaban J connectivity index is 1.94. The second-order valence-corrected chi connectivity index (χ2v) is 6.58. The summed E-state index contributed by atoms with van der Waals surface area (Å²) in [6, 6.07) is 13.5. The van der Waals surface area contributed by atoms with Gasteiger partial charge in [-0.2, -0.15) is 0 Å². The molecule has 0 amide bonds. The molecule has 0 aromatic heterocycles. The molecule has 1 nitrogen and oxygen atoms in total. The van der Waals surface area contributed by atoms with E-state index in [9.17, 15) is 5.11 Å². The largest absolute Gasteiger partial charge is 0.392 e. The topological polar surface area (TPSA) is 20.2 Å². The first kappa shape index (κ1) is 15.7. The molecule has 0 aliphatic carbocycles. The molecule has 0 radical (unpaired) electrons. The number of aliphatic hydroxyl groups excluding tert-OH is 1. The molecule has 2 aromatic rings. The summed E-state index contributed by atoms with van der Waals surface area (Å²) in [5.41, 5.74) is 2.11. The Hall–Kier alpha value is -0.670. The second kappa shape index (κ2) is 7.37. The Kier molecular flexibility index (Phi) is 5.79. The van der Waals surface area contributed by atoms with Crippen molar-refractivity contribution in [3.63, 3.8) is 0 Å². The fourth-order valence-corrected chi connectivity index (χ4v) is 3.27. The number of rotatable bonds is 5. The first-order valence-corrected chi connectivity index (χ1v) is 8.11. The highest BCUT2D eigenvalue weighted by atomic mass is 35.5. The summed E-state index contributed by atoms with van der Waals surface area (Å²) >= 11 is 13.7. The van der Waals surface area contributed by atoms with Crippen molar-refractivity contribution >= 4 is 35.0 Å². The first-order chi connectivity index (χ1) is 9.56. The fourth-order valence-electron chi connectivity index (χ4n) is 1.92. The van der Waals surface area contributed by atoms with Crippen LogP contribution in [0.1, 0.15) is 11.1 Å². The molecule has 0 aliphatic heterocycles. The molecule has 2 rings (SSSR count). The molecule has 0 heterocycles. The molecule has 4 heteroatoms. The van der Waals surface area contributed by atoms with E-state index >= 15 is 0 Å². The Labute approximate surface area is 133 Å². The van der Waals surface area contributed by atoms with Crippen LogP contribution in [0.5, 0.6) is 0 Å². The van der Waals surface area contributed by atoms with E-state index in [4.69, 9.17) is 23.2 Å². The summed E-state index contributed by atoms with van der Waals surface area (Å²) in [7, 11) is 0. The molecule has 1 atom stereocenters. The average molecular weight is 327 g/mol. The van der Waals surface area contributed by atoms with Gasteiger partial charge < -0.3 is 5.11 Å². The third kappa shape index (κ3) is 4.42. The third-order valence-electron chi connectivity index (χ3n) is 2.99. The van der Waals surface area contributed by atoms with Crippen LogP contribution in [0.3, 0.4) is 0 Å². The highest BCUT2D eigenvalue weighted by molar-refractivity contribution is 7.99. The summed E-state index contributed by atoms with van der Waals surface area (Å²) in [6.45, 7) is 2.07. The van der Waals surface area contributed by atoms with Gasteiger partial charge in [0.1, 0.15) is 0 Å². The van der Waals surface area contributed by atoms with E-state index in [1.54, 1.807) is 23.9 Å². The molecule has 0 fully saturated rings. The van der Waals surface area contributed by atoms with Gasteiger partial charge in [-0.25, -0.2) is 0 Å². The number of aryl methyl sites for hydroxylation is 1. The lowest BCUT2D eigenvalue weighted by Gasteiger charge is -2.12. The smallest absolute Gasteiger partial charge is 0.0674 e. The number of hydrogen-bond acceptors (Lipinski definition) is 2. The average Bonchev–Trinajstić information content (AvgIpc) is 2.42. The molecule has 1 N–H and O–H groups in total. The van der Waals surface area contributed by atoms with Crippen LogP contribution in [0.2, 0.25) is 10.0 Å². The zero-order chi connectivity index (χ0) is 14.5. The molecule has 0 saturated carbocycles. The maximum Gasteiger partial charge on any atom is 0.0674 e. The van der Waals surface area contributed by atoms with Crippen LogP contribution in [-0.2, 0) is 6.42 Å². The van der Waals surface area contributed by atoms with Gasteiger partial charge in [-0.05, 0) is 42.3 Å². The molecular weight excluding hydrogens is 311 g/mol. The van der Waals surface area contributed by atoms with Crippen molar-refractivity contribution < 1.29 is 5.11 Å². The van der Waals surface area contributed by atoms with Gasteiger partial charge in [0.15, 0.2) is 0 Å². The van der Waals surface area contributed by atoms with E-state index in [1.165, 1.54) is 10.5 Å². The summed E-state index contributed by atoms with van der Waals surface area (Å²) in [6.07, 6.45) is 0.0636. The van der Waals surface area contributed by atoms with E-state index in [1.807, 2.05) is 18.2 Å². The van der Waals surface area contributed by atoms with Gasteiger partial charge in [-0.1, -0.05) is 41.4 Å². The Morgan fingerprint density at radius 3 is 2.65 bits per heavy atom. The summed E-state index contributed by atoms with van der Waals surface area (Å²) in [5.74, 6) is 0.633. The van der Waals surface area contributed by atoms with Crippen molar-refractivity contribution in [1.29, 1.82) is 0 Å². The van der Waals surface area contributed by atoms with Crippen molar-refractivity contribution in [1.82, 2.24) is 0 Å². The Morgan fingerprint density at radius 2 is 1.90 bits per heavy atom. The summed E-state index contributed by atoms with van der Waals surface area (Å²) in [4.78, 5) is 1.20. The molecule has 0 bridgehead atoms. The van der Waals surface area contributed by atoms with Crippen LogP contribution >= 0.6 is 35.0 Å². The van der Waals surface area contributed by atoms with Gasteiger partial charge in [-0.3, -0.25) is 0 Å². The van der Waals surface area contributed by atoms with Crippen molar-refractivity contribution in [2.24, 2.45) is 0 Å². The number of hydrogen-bond donors (Lipinski definition) is 1. The number of halogens is 2. The van der Waals surface area contributed by atoms with E-state index in [2.05, 4.69) is 19.1 Å². The molecule has 0 aliphatic rings. The van der Waals surface area contributed by atoms with Gasteiger partial charge in [0.2, 0.25) is 0 Å². The zero-order valence-corrected chi connectivity index (χ0v) is 13.5. The number of benzene rings is 2. The van der Waals surface area contributed by atoms with Crippen LogP contribution in [0.15, 0.2) is 47.4 Å². The van der Waals surface area contributed by atoms with E-state index in [0.717, 1.165) is 5.56 Å².